The summed E-state index contributed by atoms with van der Waals surface area (Å²) in [6.07, 6.45) is 1.63. The van der Waals surface area contributed by atoms with Crippen LogP contribution in [0.5, 0.6) is 0 Å². The summed E-state index contributed by atoms with van der Waals surface area (Å²) >= 11 is 5.59. The summed E-state index contributed by atoms with van der Waals surface area (Å²) in [6.45, 7) is 7.58. The number of rotatable bonds is 2. The third-order valence-electron chi connectivity index (χ3n) is 1.41. The van der Waals surface area contributed by atoms with Crippen molar-refractivity contribution in [3.8, 4) is 0 Å². The number of allylic oxidation sites excluding steroid dienone is 2. The first-order chi connectivity index (χ1) is 5.25. The molecule has 12 heavy (non-hydrogen) atoms. The van der Waals surface area contributed by atoms with Crippen molar-refractivity contribution in [1.82, 2.24) is 0 Å². The smallest absolute Gasteiger partial charge is 0.124 e. The van der Waals surface area contributed by atoms with Gasteiger partial charge in [0.25, 0.3) is 0 Å². The first-order valence-corrected chi connectivity index (χ1v) is 4.14. The van der Waals surface area contributed by atoms with Crippen molar-refractivity contribution >= 4 is 22.5 Å². The van der Waals surface area contributed by atoms with Gasteiger partial charge in [-0.25, -0.2) is 0 Å². The highest BCUT2D eigenvalue weighted by molar-refractivity contribution is 6.69. The van der Waals surface area contributed by atoms with E-state index in [1.54, 1.807) is 13.0 Å². The lowest BCUT2D eigenvalue weighted by Gasteiger charge is -2.21. The minimum absolute atomic E-state index is 0.0223. The third kappa shape index (κ3) is 3.67. The number of nitrogens with one attached hydrogen (secondary N) is 2. The molecule has 0 saturated heterocycles. The Morgan fingerprint density at radius 2 is 1.67 bits per heavy atom. The van der Waals surface area contributed by atoms with Gasteiger partial charge in [-0.1, -0.05) is 32.4 Å². The van der Waals surface area contributed by atoms with Gasteiger partial charge >= 0.3 is 0 Å². The van der Waals surface area contributed by atoms with E-state index >= 15 is 0 Å². The van der Waals surface area contributed by atoms with Crippen molar-refractivity contribution in [2.45, 2.75) is 27.7 Å². The lowest BCUT2D eigenvalue weighted by molar-refractivity contribution is 0.526. The van der Waals surface area contributed by atoms with Gasteiger partial charge < -0.3 is 5.41 Å². The zero-order chi connectivity index (χ0) is 9.94. The van der Waals surface area contributed by atoms with E-state index < -0.39 is 0 Å². The van der Waals surface area contributed by atoms with Crippen LogP contribution in [0.25, 0.3) is 0 Å². The predicted octanol–water partition coefficient (Wildman–Crippen LogP) is 3.21. The summed E-state index contributed by atoms with van der Waals surface area (Å²) in [5.74, 6) is 0. The van der Waals surface area contributed by atoms with E-state index in [9.17, 15) is 0 Å². The van der Waals surface area contributed by atoms with E-state index in [1.165, 1.54) is 0 Å². The van der Waals surface area contributed by atoms with E-state index in [0.717, 1.165) is 0 Å². The first kappa shape index (κ1) is 11.4. The van der Waals surface area contributed by atoms with Crippen molar-refractivity contribution in [2.24, 2.45) is 5.41 Å². The zero-order valence-electron chi connectivity index (χ0n) is 7.96. The predicted molar refractivity (Wildman–Crippen MR) is 54.5 cm³/mol. The number of hydrogen-bond acceptors (Lipinski definition) is 2. The molecule has 0 aliphatic heterocycles. The maximum atomic E-state index is 7.30. The summed E-state index contributed by atoms with van der Waals surface area (Å²) < 4.78 is 0. The van der Waals surface area contributed by atoms with Crippen LogP contribution in [-0.4, -0.2) is 10.9 Å². The fraction of sp³-hybridized carbons (Fsp3) is 0.556. The number of halogens is 1. The molecule has 0 aromatic rings. The molecule has 0 aliphatic rings. The van der Waals surface area contributed by atoms with E-state index in [0.29, 0.717) is 11.3 Å². The van der Waals surface area contributed by atoms with Crippen LogP contribution in [0.2, 0.25) is 0 Å². The van der Waals surface area contributed by atoms with Crippen molar-refractivity contribution in [3.05, 3.63) is 11.6 Å². The van der Waals surface area contributed by atoms with Gasteiger partial charge in [0.2, 0.25) is 0 Å². The van der Waals surface area contributed by atoms with Gasteiger partial charge in [-0.15, -0.1) is 0 Å². The average molecular weight is 187 g/mol. The molecule has 0 amide bonds. The largest absolute Gasteiger partial charge is 0.306 e. The lowest BCUT2D eigenvalue weighted by atomic mass is 9.86. The highest BCUT2D eigenvalue weighted by Gasteiger charge is 2.19. The van der Waals surface area contributed by atoms with Gasteiger partial charge in [0, 0.05) is 5.71 Å². The van der Waals surface area contributed by atoms with Crippen LogP contribution in [0.3, 0.4) is 0 Å². The van der Waals surface area contributed by atoms with Gasteiger partial charge in [-0.3, -0.25) is 5.41 Å². The Balaban J connectivity index is 4.94. The SMILES string of the molecule is CC(=N)/C=C(\C(=N)Cl)C(C)(C)C. The van der Waals surface area contributed by atoms with Gasteiger partial charge in [0.05, 0.1) is 0 Å². The molecule has 0 unspecified atom stereocenters. The van der Waals surface area contributed by atoms with Crippen molar-refractivity contribution in [3.63, 3.8) is 0 Å². The molecule has 2 nitrogen and oxygen atoms in total. The molecule has 0 bridgehead atoms. The van der Waals surface area contributed by atoms with Gasteiger partial charge in [0.1, 0.15) is 5.17 Å². The third-order valence-corrected chi connectivity index (χ3v) is 1.61. The topological polar surface area (TPSA) is 47.7 Å². The molecule has 0 aromatic heterocycles. The fourth-order valence-electron chi connectivity index (χ4n) is 0.826. The van der Waals surface area contributed by atoms with Crippen LogP contribution in [0.1, 0.15) is 27.7 Å². The molecular formula is C9H15ClN2. The van der Waals surface area contributed by atoms with Crippen molar-refractivity contribution in [2.75, 3.05) is 0 Å². The summed E-state index contributed by atoms with van der Waals surface area (Å²) in [7, 11) is 0. The van der Waals surface area contributed by atoms with E-state index in [4.69, 9.17) is 22.4 Å². The Morgan fingerprint density at radius 3 is 1.75 bits per heavy atom. The zero-order valence-corrected chi connectivity index (χ0v) is 8.71. The fourth-order valence-corrected chi connectivity index (χ4v) is 1.16. The maximum absolute atomic E-state index is 7.30. The summed E-state index contributed by atoms with van der Waals surface area (Å²) in [5.41, 5.74) is 0.961. The number of hydrogen-bond donors (Lipinski definition) is 2. The maximum Gasteiger partial charge on any atom is 0.124 e. The molecule has 2 N–H and O–H groups in total. The van der Waals surface area contributed by atoms with Crippen LogP contribution in [0.15, 0.2) is 11.6 Å². The van der Waals surface area contributed by atoms with Crippen LogP contribution in [0, 0.1) is 16.2 Å². The molecule has 3 heteroatoms. The molecule has 0 atom stereocenters. The minimum Gasteiger partial charge on any atom is -0.306 e. The molecule has 68 valence electrons. The van der Waals surface area contributed by atoms with Gasteiger partial charge in [-0.05, 0) is 24.0 Å². The highest BCUT2D eigenvalue weighted by atomic mass is 35.5. The minimum atomic E-state index is -0.166. The van der Waals surface area contributed by atoms with E-state index in [1.807, 2.05) is 20.8 Å². The van der Waals surface area contributed by atoms with Crippen molar-refractivity contribution in [1.29, 1.82) is 10.8 Å². The van der Waals surface area contributed by atoms with Gasteiger partial charge in [0.15, 0.2) is 0 Å². The second-order valence-corrected chi connectivity index (χ2v) is 4.18. The Kier molecular flexibility index (Phi) is 3.65. The van der Waals surface area contributed by atoms with E-state index in [-0.39, 0.29) is 10.6 Å². The van der Waals surface area contributed by atoms with E-state index in [2.05, 4.69) is 0 Å². The Labute approximate surface area is 78.6 Å². The Morgan fingerprint density at radius 1 is 1.25 bits per heavy atom. The molecule has 0 heterocycles. The molecule has 0 aliphatic carbocycles. The van der Waals surface area contributed by atoms with Crippen LogP contribution < -0.4 is 0 Å². The van der Waals surface area contributed by atoms with Gasteiger partial charge in [-0.2, -0.15) is 0 Å². The van der Waals surface area contributed by atoms with Crippen LogP contribution in [-0.2, 0) is 0 Å². The molecule has 0 aromatic carbocycles. The molecule has 0 rings (SSSR count). The quantitative estimate of drug-likeness (QED) is 0.623. The highest BCUT2D eigenvalue weighted by Crippen LogP contribution is 2.27. The van der Waals surface area contributed by atoms with Crippen LogP contribution in [0.4, 0.5) is 0 Å². The lowest BCUT2D eigenvalue weighted by Crippen LogP contribution is -2.15. The molecule has 0 spiro atoms. The standard InChI is InChI=1S/C9H15ClN2/c1-6(11)5-7(8(10)12)9(2,3)4/h5,11-12H,1-4H3/b7-5+,11-6?,12-8?. The summed E-state index contributed by atoms with van der Waals surface area (Å²) in [5, 5.41) is 14.6. The monoisotopic (exact) mass is 186 g/mol. The summed E-state index contributed by atoms with van der Waals surface area (Å²) in [6, 6.07) is 0. The Hall–Kier alpha value is -0.630. The van der Waals surface area contributed by atoms with Crippen LogP contribution >= 0.6 is 11.6 Å². The first-order valence-electron chi connectivity index (χ1n) is 3.77. The molecule has 0 radical (unpaired) electrons. The molecule has 0 fully saturated rings. The average Bonchev–Trinajstić information content (AvgIpc) is 1.79. The molecule has 0 saturated carbocycles. The Bertz CT molecular complexity index is 233. The molecular weight excluding hydrogens is 172 g/mol. The van der Waals surface area contributed by atoms with Crippen molar-refractivity contribution < 1.29 is 0 Å². The second kappa shape index (κ2) is 3.85. The normalized spacial score (nSPS) is 12.9. The second-order valence-electron chi connectivity index (χ2n) is 3.81. The summed E-state index contributed by atoms with van der Waals surface area (Å²) in [4.78, 5) is 0.